The van der Waals surface area contributed by atoms with E-state index in [2.05, 4.69) is 39.9 Å². The Morgan fingerprint density at radius 1 is 1.29 bits per heavy atom. The number of nitrogens with two attached hydrogens (primary N) is 1. The molecule has 0 bridgehead atoms. The fourth-order valence-electron chi connectivity index (χ4n) is 1.24. The van der Waals surface area contributed by atoms with E-state index in [1.165, 1.54) is 6.42 Å². The van der Waals surface area contributed by atoms with Crippen molar-refractivity contribution < 1.29 is 4.74 Å². The second-order valence-corrected chi connectivity index (χ2v) is 5.43. The van der Waals surface area contributed by atoms with Crippen LogP contribution in [0, 0.1) is 5.92 Å². The number of hydrogen-bond donors (Lipinski definition) is 2. The largest absolute Gasteiger partial charge is 0.376 e. The molecule has 0 spiro atoms. The van der Waals surface area contributed by atoms with Crippen molar-refractivity contribution in [1.29, 1.82) is 0 Å². The van der Waals surface area contributed by atoms with E-state index < -0.39 is 0 Å². The summed E-state index contributed by atoms with van der Waals surface area (Å²) in [5, 5.41) is 3.02. The summed E-state index contributed by atoms with van der Waals surface area (Å²) in [6, 6.07) is 0. The van der Waals surface area contributed by atoms with Crippen molar-refractivity contribution in [3.8, 4) is 0 Å². The zero-order chi connectivity index (χ0) is 13.7. The molecule has 0 rings (SSSR count). The van der Waals surface area contributed by atoms with Crippen LogP contribution in [-0.4, -0.2) is 32.3 Å². The van der Waals surface area contributed by atoms with Gasteiger partial charge >= 0.3 is 0 Å². The maximum atomic E-state index is 5.70. The van der Waals surface area contributed by atoms with Gasteiger partial charge in [-0.2, -0.15) is 0 Å². The Morgan fingerprint density at radius 3 is 2.18 bits per heavy atom. The van der Waals surface area contributed by atoms with Crippen LogP contribution in [0.3, 0.4) is 0 Å². The SMILES string of the molecule is CC(C)CCOC(C)(C)CCN.CCCNC. The van der Waals surface area contributed by atoms with Crippen molar-refractivity contribution in [3.05, 3.63) is 0 Å². The predicted octanol–water partition coefficient (Wildman–Crippen LogP) is 2.79. The van der Waals surface area contributed by atoms with Gasteiger partial charge in [0, 0.05) is 6.61 Å². The average molecular weight is 246 g/mol. The highest BCUT2D eigenvalue weighted by Crippen LogP contribution is 2.14. The lowest BCUT2D eigenvalue weighted by molar-refractivity contribution is -0.0259. The number of rotatable bonds is 8. The molecule has 0 amide bonds. The molecule has 0 heterocycles. The summed E-state index contributed by atoms with van der Waals surface area (Å²) in [6.07, 6.45) is 3.30. The van der Waals surface area contributed by atoms with E-state index in [1.54, 1.807) is 0 Å². The molecule has 0 aromatic heterocycles. The van der Waals surface area contributed by atoms with Gasteiger partial charge in [0.05, 0.1) is 5.60 Å². The number of ether oxygens (including phenoxy) is 1. The molecule has 0 aliphatic rings. The Kier molecular flexibility index (Phi) is 14.0. The Bertz CT molecular complexity index is 145. The number of hydrogen-bond acceptors (Lipinski definition) is 3. The van der Waals surface area contributed by atoms with Gasteiger partial charge in [-0.25, -0.2) is 0 Å². The second-order valence-electron chi connectivity index (χ2n) is 5.43. The Morgan fingerprint density at radius 2 is 1.88 bits per heavy atom. The molecule has 0 saturated heterocycles. The molecule has 3 heteroatoms. The van der Waals surface area contributed by atoms with E-state index in [4.69, 9.17) is 10.5 Å². The maximum Gasteiger partial charge on any atom is 0.0638 e. The summed E-state index contributed by atoms with van der Waals surface area (Å²) < 4.78 is 5.70. The third-order valence-electron chi connectivity index (χ3n) is 2.43. The van der Waals surface area contributed by atoms with Gasteiger partial charge < -0.3 is 15.8 Å². The Balaban J connectivity index is 0. The Hall–Kier alpha value is -0.120. The molecular weight excluding hydrogens is 212 g/mol. The highest BCUT2D eigenvalue weighted by atomic mass is 16.5. The van der Waals surface area contributed by atoms with Crippen LogP contribution in [-0.2, 0) is 4.74 Å². The normalized spacial score (nSPS) is 11.3. The van der Waals surface area contributed by atoms with Gasteiger partial charge in [-0.3, -0.25) is 0 Å². The van der Waals surface area contributed by atoms with Gasteiger partial charge in [-0.15, -0.1) is 0 Å². The molecule has 3 nitrogen and oxygen atoms in total. The highest BCUT2D eigenvalue weighted by Gasteiger charge is 2.16. The fraction of sp³-hybridized carbons (Fsp3) is 1.00. The summed E-state index contributed by atoms with van der Waals surface area (Å²) in [7, 11) is 1.96. The van der Waals surface area contributed by atoms with Crippen LogP contribution in [0.1, 0.15) is 53.9 Å². The van der Waals surface area contributed by atoms with E-state index in [-0.39, 0.29) is 5.60 Å². The van der Waals surface area contributed by atoms with E-state index in [0.717, 1.165) is 31.9 Å². The van der Waals surface area contributed by atoms with Gasteiger partial charge in [-0.1, -0.05) is 20.8 Å². The van der Waals surface area contributed by atoms with Crippen LogP contribution >= 0.6 is 0 Å². The topological polar surface area (TPSA) is 47.3 Å². The molecule has 0 atom stereocenters. The van der Waals surface area contributed by atoms with Crippen LogP contribution in [0.25, 0.3) is 0 Å². The predicted molar refractivity (Wildman–Crippen MR) is 77.4 cm³/mol. The summed E-state index contributed by atoms with van der Waals surface area (Å²) in [6.45, 7) is 13.5. The van der Waals surface area contributed by atoms with E-state index in [1.807, 2.05) is 7.05 Å². The summed E-state index contributed by atoms with van der Waals surface area (Å²) in [5.41, 5.74) is 5.43. The van der Waals surface area contributed by atoms with Gasteiger partial charge in [0.25, 0.3) is 0 Å². The maximum absolute atomic E-state index is 5.70. The summed E-state index contributed by atoms with van der Waals surface area (Å²) in [5.74, 6) is 0.721. The zero-order valence-electron chi connectivity index (χ0n) is 12.8. The molecule has 0 aliphatic carbocycles. The van der Waals surface area contributed by atoms with Crippen LogP contribution in [0.2, 0.25) is 0 Å². The lowest BCUT2D eigenvalue weighted by atomic mass is 10.1. The molecule has 0 saturated carbocycles. The third-order valence-corrected chi connectivity index (χ3v) is 2.43. The van der Waals surface area contributed by atoms with Crippen LogP contribution in [0.5, 0.6) is 0 Å². The molecule has 0 aliphatic heterocycles. The molecule has 106 valence electrons. The van der Waals surface area contributed by atoms with Crippen molar-refractivity contribution >= 4 is 0 Å². The van der Waals surface area contributed by atoms with Crippen LogP contribution in [0.4, 0.5) is 0 Å². The van der Waals surface area contributed by atoms with E-state index in [9.17, 15) is 0 Å². The first-order valence-electron chi connectivity index (χ1n) is 6.88. The minimum atomic E-state index is -0.0381. The molecule has 0 aromatic carbocycles. The van der Waals surface area contributed by atoms with Crippen LogP contribution < -0.4 is 11.1 Å². The quantitative estimate of drug-likeness (QED) is 0.692. The molecular formula is C14H34N2O. The van der Waals surface area contributed by atoms with Crippen molar-refractivity contribution in [2.75, 3.05) is 26.7 Å². The zero-order valence-corrected chi connectivity index (χ0v) is 12.8. The van der Waals surface area contributed by atoms with Crippen LogP contribution in [0.15, 0.2) is 0 Å². The monoisotopic (exact) mass is 246 g/mol. The van der Waals surface area contributed by atoms with Gasteiger partial charge in [0.1, 0.15) is 0 Å². The minimum absolute atomic E-state index is 0.0381. The molecule has 0 aromatic rings. The van der Waals surface area contributed by atoms with Crippen molar-refractivity contribution in [1.82, 2.24) is 5.32 Å². The first kappa shape index (κ1) is 19.2. The van der Waals surface area contributed by atoms with Crippen molar-refractivity contribution in [2.45, 2.75) is 59.5 Å². The Labute approximate surface area is 108 Å². The molecule has 0 unspecified atom stereocenters. The lowest BCUT2D eigenvalue weighted by Gasteiger charge is -2.25. The third kappa shape index (κ3) is 18.4. The lowest BCUT2D eigenvalue weighted by Crippen LogP contribution is -2.28. The van der Waals surface area contributed by atoms with Crippen molar-refractivity contribution in [2.24, 2.45) is 11.7 Å². The molecule has 0 radical (unpaired) electrons. The minimum Gasteiger partial charge on any atom is -0.376 e. The summed E-state index contributed by atoms with van der Waals surface area (Å²) >= 11 is 0. The smallest absolute Gasteiger partial charge is 0.0638 e. The highest BCUT2D eigenvalue weighted by molar-refractivity contribution is 4.68. The van der Waals surface area contributed by atoms with Crippen molar-refractivity contribution in [3.63, 3.8) is 0 Å². The average Bonchev–Trinajstić information content (AvgIpc) is 2.18. The first-order chi connectivity index (χ1) is 7.89. The van der Waals surface area contributed by atoms with Gasteiger partial charge in [-0.05, 0) is 59.2 Å². The summed E-state index contributed by atoms with van der Waals surface area (Å²) in [4.78, 5) is 0. The molecule has 0 fully saturated rings. The van der Waals surface area contributed by atoms with E-state index in [0.29, 0.717) is 6.54 Å². The fourth-order valence-corrected chi connectivity index (χ4v) is 1.24. The number of nitrogens with one attached hydrogen (secondary N) is 1. The van der Waals surface area contributed by atoms with E-state index >= 15 is 0 Å². The molecule has 17 heavy (non-hydrogen) atoms. The van der Waals surface area contributed by atoms with Gasteiger partial charge in [0.2, 0.25) is 0 Å². The second kappa shape index (κ2) is 12.3. The standard InChI is InChI=1S/C10H23NO.C4H11N/c1-9(2)5-8-12-10(3,4)6-7-11;1-3-4-5-2/h9H,5-8,11H2,1-4H3;5H,3-4H2,1-2H3. The molecule has 3 N–H and O–H groups in total. The van der Waals surface area contributed by atoms with Gasteiger partial charge in [0.15, 0.2) is 0 Å². The first-order valence-corrected chi connectivity index (χ1v) is 6.88.